The molecule has 2 bridgehead atoms. The molecule has 1 aromatic rings. The highest BCUT2D eigenvalue weighted by Gasteiger charge is 2.52. The summed E-state index contributed by atoms with van der Waals surface area (Å²) < 4.78 is 5.09. The zero-order valence-corrected chi connectivity index (χ0v) is 15.0. The first-order chi connectivity index (χ1) is 12.2. The maximum absolute atomic E-state index is 10.0. The molecule has 25 heavy (non-hydrogen) atoms. The van der Waals surface area contributed by atoms with Gasteiger partial charge < -0.3 is 15.2 Å². The van der Waals surface area contributed by atoms with Crippen LogP contribution in [-0.4, -0.2) is 29.6 Å². The van der Waals surface area contributed by atoms with Crippen molar-refractivity contribution in [2.45, 2.75) is 25.3 Å². The van der Waals surface area contributed by atoms with Gasteiger partial charge in [-0.2, -0.15) is 5.10 Å². The summed E-state index contributed by atoms with van der Waals surface area (Å²) in [5, 5.41) is 18.2. The molecule has 1 aromatic carbocycles. The second kappa shape index (κ2) is 6.67. The number of allylic oxidation sites excluding steroid dienone is 2. The Morgan fingerprint density at radius 1 is 1.36 bits per heavy atom. The average Bonchev–Trinajstić information content (AvgIpc) is 3.29. The number of phenolic OH excluding ortho intramolecular Hbond substituents is 1. The molecule has 3 aliphatic carbocycles. The lowest BCUT2D eigenvalue weighted by molar-refractivity contribution is 0.246. The van der Waals surface area contributed by atoms with E-state index in [2.05, 4.69) is 28.0 Å². The van der Waals surface area contributed by atoms with E-state index in [1.54, 1.807) is 24.4 Å². The number of phenols is 1. The van der Waals surface area contributed by atoms with Crippen LogP contribution in [0.15, 0.2) is 35.5 Å². The van der Waals surface area contributed by atoms with Crippen LogP contribution in [0.2, 0.25) is 0 Å². The summed E-state index contributed by atoms with van der Waals surface area (Å²) in [6.45, 7) is 0. The van der Waals surface area contributed by atoms with Crippen LogP contribution in [0.4, 0.5) is 0 Å². The van der Waals surface area contributed by atoms with Crippen molar-refractivity contribution < 1.29 is 9.84 Å². The zero-order valence-electron chi connectivity index (χ0n) is 14.2. The topological polar surface area (TPSA) is 65.9 Å². The third-order valence-corrected chi connectivity index (χ3v) is 6.15. The largest absolute Gasteiger partial charge is 0.504 e. The number of rotatable bonds is 4. The van der Waals surface area contributed by atoms with Crippen molar-refractivity contribution in [1.29, 1.82) is 0 Å². The fourth-order valence-corrected chi connectivity index (χ4v) is 5.08. The number of hydrazone groups is 1. The van der Waals surface area contributed by atoms with Crippen molar-refractivity contribution in [3.63, 3.8) is 0 Å². The molecular formula is C19H23N3O2S. The quantitative estimate of drug-likeness (QED) is 0.335. The van der Waals surface area contributed by atoms with Crippen LogP contribution < -0.4 is 15.5 Å². The van der Waals surface area contributed by atoms with Gasteiger partial charge in [0.2, 0.25) is 0 Å². The van der Waals surface area contributed by atoms with Crippen LogP contribution in [0.25, 0.3) is 0 Å². The number of nitrogens with zero attached hydrogens (tertiary/aromatic N) is 1. The third-order valence-electron chi connectivity index (χ3n) is 5.95. The SMILES string of the molecule is COc1cccc(/C=N\NC(=S)N[C@@H]2C[C@@H]3C[C@@H]2[C@H]2C=CC[C@H]32)c1O. The van der Waals surface area contributed by atoms with Gasteiger partial charge >= 0.3 is 0 Å². The lowest BCUT2D eigenvalue weighted by Crippen LogP contribution is -2.45. The number of hydrogen-bond acceptors (Lipinski definition) is 4. The molecule has 0 aliphatic heterocycles. The molecule has 2 fully saturated rings. The van der Waals surface area contributed by atoms with Crippen molar-refractivity contribution in [2.24, 2.45) is 28.8 Å². The number of benzene rings is 1. The molecule has 132 valence electrons. The standard InChI is InChI=1S/C19H23N3O2S/c1-24-17-7-2-4-11(18(17)23)10-20-22-19(25)21-16-9-12-8-15(16)14-6-3-5-13(12)14/h2-4,6-7,10,12-16,23H,5,8-9H2,1H3,(H2,21,22,25)/b20-10-/t12-,13+,14-,15+,16+/m0/s1. The number of thiocarbonyl (C=S) groups is 1. The number of nitrogens with one attached hydrogen (secondary N) is 2. The van der Waals surface area contributed by atoms with E-state index in [0.29, 0.717) is 28.4 Å². The van der Waals surface area contributed by atoms with E-state index < -0.39 is 0 Å². The second-order valence-corrected chi connectivity index (χ2v) is 7.56. The van der Waals surface area contributed by atoms with Gasteiger partial charge in [-0.3, -0.25) is 5.43 Å². The molecular weight excluding hydrogens is 334 g/mol. The van der Waals surface area contributed by atoms with Crippen LogP contribution in [0.3, 0.4) is 0 Å². The second-order valence-electron chi connectivity index (χ2n) is 7.15. The molecule has 0 spiro atoms. The third kappa shape index (κ3) is 2.99. The molecule has 3 aliphatic rings. The van der Waals surface area contributed by atoms with Crippen molar-refractivity contribution in [3.8, 4) is 11.5 Å². The van der Waals surface area contributed by atoms with Gasteiger partial charge in [0.1, 0.15) is 0 Å². The molecule has 0 aromatic heterocycles. The van der Waals surface area contributed by atoms with E-state index in [4.69, 9.17) is 17.0 Å². The molecule has 0 amide bonds. The smallest absolute Gasteiger partial charge is 0.187 e. The van der Waals surface area contributed by atoms with Gasteiger partial charge in [0.25, 0.3) is 0 Å². The number of methoxy groups -OCH3 is 1. The average molecular weight is 357 g/mol. The van der Waals surface area contributed by atoms with E-state index >= 15 is 0 Å². The van der Waals surface area contributed by atoms with Crippen LogP contribution in [0.1, 0.15) is 24.8 Å². The van der Waals surface area contributed by atoms with Gasteiger partial charge in [-0.15, -0.1) is 0 Å². The van der Waals surface area contributed by atoms with E-state index in [1.165, 1.54) is 26.4 Å². The summed E-state index contributed by atoms with van der Waals surface area (Å²) in [7, 11) is 1.52. The van der Waals surface area contributed by atoms with Gasteiger partial charge in [0.15, 0.2) is 16.6 Å². The molecule has 6 heteroatoms. The monoisotopic (exact) mass is 357 g/mol. The molecule has 2 saturated carbocycles. The molecule has 4 rings (SSSR count). The minimum absolute atomic E-state index is 0.0709. The van der Waals surface area contributed by atoms with E-state index in [-0.39, 0.29) is 5.75 Å². The summed E-state index contributed by atoms with van der Waals surface area (Å²) in [6.07, 6.45) is 10.1. The van der Waals surface area contributed by atoms with Crippen LogP contribution in [0, 0.1) is 23.7 Å². The Bertz CT molecular complexity index is 733. The fourth-order valence-electron chi connectivity index (χ4n) is 4.88. The molecule has 5 atom stereocenters. The van der Waals surface area contributed by atoms with Gasteiger partial charge in [-0.05, 0) is 67.3 Å². The Morgan fingerprint density at radius 2 is 2.24 bits per heavy atom. The van der Waals surface area contributed by atoms with Gasteiger partial charge in [0, 0.05) is 11.6 Å². The minimum atomic E-state index is 0.0709. The Kier molecular flexibility index (Phi) is 4.37. The van der Waals surface area contributed by atoms with E-state index in [1.807, 2.05) is 0 Å². The summed E-state index contributed by atoms with van der Waals surface area (Å²) in [4.78, 5) is 0. The van der Waals surface area contributed by atoms with Crippen LogP contribution in [-0.2, 0) is 0 Å². The highest BCUT2D eigenvalue weighted by atomic mass is 32.1. The van der Waals surface area contributed by atoms with Gasteiger partial charge in [-0.25, -0.2) is 0 Å². The molecule has 0 radical (unpaired) electrons. The van der Waals surface area contributed by atoms with Crippen LogP contribution >= 0.6 is 12.2 Å². The molecule has 0 unspecified atom stereocenters. The minimum Gasteiger partial charge on any atom is -0.504 e. The van der Waals surface area contributed by atoms with Crippen LogP contribution in [0.5, 0.6) is 11.5 Å². The van der Waals surface area contributed by atoms with Crippen molar-refractivity contribution in [2.75, 3.05) is 7.11 Å². The first kappa shape index (κ1) is 16.4. The van der Waals surface area contributed by atoms with Gasteiger partial charge in [0.05, 0.1) is 13.3 Å². The highest BCUT2D eigenvalue weighted by Crippen LogP contribution is 2.56. The number of fused-ring (bicyclic) bond motifs is 5. The van der Waals surface area contributed by atoms with Crippen molar-refractivity contribution in [1.82, 2.24) is 10.7 Å². The summed E-state index contributed by atoms with van der Waals surface area (Å²) in [6, 6.07) is 5.71. The summed E-state index contributed by atoms with van der Waals surface area (Å²) in [5.41, 5.74) is 3.44. The predicted octanol–water partition coefficient (Wildman–Crippen LogP) is 2.80. The van der Waals surface area contributed by atoms with Crippen molar-refractivity contribution in [3.05, 3.63) is 35.9 Å². The maximum Gasteiger partial charge on any atom is 0.187 e. The Labute approximate surface area is 153 Å². The molecule has 0 heterocycles. The highest BCUT2D eigenvalue weighted by molar-refractivity contribution is 7.80. The predicted molar refractivity (Wildman–Crippen MR) is 102 cm³/mol. The lowest BCUT2D eigenvalue weighted by atomic mass is 9.79. The molecule has 0 saturated heterocycles. The van der Waals surface area contributed by atoms with E-state index in [0.717, 1.165) is 17.8 Å². The molecule has 5 nitrogen and oxygen atoms in total. The number of ether oxygens (including phenoxy) is 1. The Hall–Kier alpha value is -2.08. The van der Waals surface area contributed by atoms with E-state index in [9.17, 15) is 5.11 Å². The molecule has 3 N–H and O–H groups in total. The first-order valence-electron chi connectivity index (χ1n) is 8.79. The van der Waals surface area contributed by atoms with Crippen molar-refractivity contribution >= 4 is 23.5 Å². The fraction of sp³-hybridized carbons (Fsp3) is 0.474. The summed E-state index contributed by atoms with van der Waals surface area (Å²) >= 11 is 5.38. The van der Waals surface area contributed by atoms with Gasteiger partial charge in [-0.1, -0.05) is 18.2 Å². The number of hydrogen-bond donors (Lipinski definition) is 3. The summed E-state index contributed by atoms with van der Waals surface area (Å²) in [5.74, 6) is 3.63. The maximum atomic E-state index is 10.0. The number of aromatic hydroxyl groups is 1. The zero-order chi connectivity index (χ0) is 17.4. The number of para-hydroxylation sites is 1. The normalized spacial score (nSPS) is 32.1. The first-order valence-corrected chi connectivity index (χ1v) is 9.20. The lowest BCUT2D eigenvalue weighted by Gasteiger charge is -2.32. The Balaban J connectivity index is 1.32. The Morgan fingerprint density at radius 3 is 3.08 bits per heavy atom.